The van der Waals surface area contributed by atoms with Crippen LogP contribution in [0.5, 0.6) is 0 Å². The van der Waals surface area contributed by atoms with E-state index in [-0.39, 0.29) is 0 Å². The lowest BCUT2D eigenvalue weighted by Gasteiger charge is -2.36. The summed E-state index contributed by atoms with van der Waals surface area (Å²) in [6, 6.07) is 22.5. The molecule has 0 saturated carbocycles. The second kappa shape index (κ2) is 9.78. The van der Waals surface area contributed by atoms with Crippen molar-refractivity contribution in [1.82, 2.24) is 0 Å². The summed E-state index contributed by atoms with van der Waals surface area (Å²) in [6.45, 7) is 16.8. The minimum atomic E-state index is -0.432. The van der Waals surface area contributed by atoms with Crippen molar-refractivity contribution in [1.29, 1.82) is 0 Å². The highest BCUT2D eigenvalue weighted by molar-refractivity contribution is 7.73. The monoisotopic (exact) mass is 454 g/mol. The third-order valence-corrected chi connectivity index (χ3v) is 11.0. The Morgan fingerprint density at radius 2 is 1.03 bits per heavy atom. The van der Waals surface area contributed by atoms with E-state index >= 15 is 0 Å². The molecule has 0 aliphatic heterocycles. The van der Waals surface area contributed by atoms with Crippen LogP contribution in [-0.2, 0) is 0 Å². The molecule has 3 unspecified atom stereocenters. The quantitative estimate of drug-likeness (QED) is 0.390. The molecule has 0 heterocycles. The maximum absolute atomic E-state index is 2.52. The van der Waals surface area contributed by atoms with Gasteiger partial charge in [0, 0.05) is 5.92 Å². The predicted octanol–water partition coefficient (Wildman–Crippen LogP) is 7.86. The molecule has 30 heavy (non-hydrogen) atoms. The lowest BCUT2D eigenvalue weighted by atomic mass is 10.1. The van der Waals surface area contributed by atoms with Gasteiger partial charge in [0.05, 0.1) is 0 Å². The second-order valence-electron chi connectivity index (χ2n) is 10.3. The van der Waals surface area contributed by atoms with Crippen LogP contribution in [0.1, 0.15) is 48.5 Å². The van der Waals surface area contributed by atoms with Crippen molar-refractivity contribution in [2.24, 2.45) is 5.92 Å². The van der Waals surface area contributed by atoms with E-state index in [2.05, 4.69) is 121 Å². The molecule has 0 N–H and O–H groups in total. The van der Waals surface area contributed by atoms with E-state index < -0.39 is 7.92 Å². The third-order valence-electron chi connectivity index (χ3n) is 5.11. The van der Waals surface area contributed by atoms with Gasteiger partial charge in [-0.1, -0.05) is 138 Å². The molecular formula is C27H37P3. The van der Waals surface area contributed by atoms with Gasteiger partial charge in [-0.05, 0) is 45.1 Å². The van der Waals surface area contributed by atoms with Crippen LogP contribution in [0.2, 0.25) is 0 Å². The molecule has 0 fully saturated rings. The topological polar surface area (TPSA) is 0 Å². The number of hydrogen-bond donors (Lipinski definition) is 0. The van der Waals surface area contributed by atoms with E-state index in [0.29, 0.717) is 21.9 Å². The second-order valence-corrected chi connectivity index (χ2v) is 17.5. The van der Waals surface area contributed by atoms with Gasteiger partial charge in [0.15, 0.2) is 0 Å². The van der Waals surface area contributed by atoms with Crippen molar-refractivity contribution in [3.05, 3.63) is 83.4 Å². The van der Waals surface area contributed by atoms with Crippen molar-refractivity contribution >= 4 is 35.7 Å². The molecule has 0 spiro atoms. The lowest BCUT2D eigenvalue weighted by molar-refractivity contribution is 0.743. The normalized spacial score (nSPS) is 19.1. The summed E-state index contributed by atoms with van der Waals surface area (Å²) < 4.78 is 0. The predicted molar refractivity (Wildman–Crippen MR) is 144 cm³/mol. The summed E-state index contributed by atoms with van der Waals surface area (Å²) in [5, 5.41) is 6.99. The fourth-order valence-electron chi connectivity index (χ4n) is 4.12. The molecule has 0 bridgehead atoms. The van der Waals surface area contributed by atoms with Gasteiger partial charge >= 0.3 is 0 Å². The van der Waals surface area contributed by atoms with Gasteiger partial charge in [0.25, 0.3) is 0 Å². The lowest BCUT2D eigenvalue weighted by Crippen LogP contribution is -2.27. The van der Waals surface area contributed by atoms with Gasteiger partial charge in [-0.3, -0.25) is 0 Å². The van der Waals surface area contributed by atoms with Crippen LogP contribution in [0, 0.1) is 5.92 Å². The van der Waals surface area contributed by atoms with E-state index in [9.17, 15) is 0 Å². The standard InChI is InChI=1S/C27H37P3/c1-20(30(21-14-10-8-11-15-21)22-16-12-9-13-17-22)25-23(28-26(2,3)4)18-19-24(25)29-27(5,6)7/h8-20,25,28-29H,1-7H3. The maximum Gasteiger partial charge on any atom is 0.0164 e. The highest BCUT2D eigenvalue weighted by atomic mass is 31.1. The molecule has 0 saturated heterocycles. The van der Waals surface area contributed by atoms with Crippen molar-refractivity contribution in [2.45, 2.75) is 64.4 Å². The highest BCUT2D eigenvalue weighted by Crippen LogP contribution is 2.59. The fraction of sp³-hybridized carbons (Fsp3) is 0.407. The van der Waals surface area contributed by atoms with Gasteiger partial charge in [0.2, 0.25) is 0 Å². The van der Waals surface area contributed by atoms with Crippen LogP contribution in [0.25, 0.3) is 0 Å². The first-order valence-electron chi connectivity index (χ1n) is 10.9. The number of rotatable bonds is 6. The van der Waals surface area contributed by atoms with Crippen LogP contribution in [-0.4, -0.2) is 16.0 Å². The van der Waals surface area contributed by atoms with Crippen molar-refractivity contribution in [2.75, 3.05) is 0 Å². The molecule has 0 aromatic heterocycles. The van der Waals surface area contributed by atoms with Crippen molar-refractivity contribution in [3.63, 3.8) is 0 Å². The molecule has 1 aliphatic rings. The molecule has 2 aromatic carbocycles. The Balaban J connectivity index is 2.03. The molecule has 1 aliphatic carbocycles. The molecule has 3 atom stereocenters. The molecule has 0 radical (unpaired) electrons. The molecule has 0 amide bonds. The summed E-state index contributed by atoms with van der Waals surface area (Å²) in [7, 11) is 1.31. The first-order chi connectivity index (χ1) is 14.1. The Bertz CT molecular complexity index is 812. The smallest absolute Gasteiger partial charge is 0.0164 e. The third kappa shape index (κ3) is 6.36. The number of hydrogen-bond acceptors (Lipinski definition) is 0. The molecule has 0 nitrogen and oxygen atoms in total. The highest BCUT2D eigenvalue weighted by Gasteiger charge is 2.36. The molecule has 3 heteroatoms. The average molecular weight is 455 g/mol. The van der Waals surface area contributed by atoms with Crippen molar-refractivity contribution < 1.29 is 0 Å². The minimum Gasteiger partial charge on any atom is -0.0886 e. The first kappa shape index (κ1) is 23.9. The van der Waals surface area contributed by atoms with Gasteiger partial charge < -0.3 is 0 Å². The molecule has 3 rings (SSSR count). The van der Waals surface area contributed by atoms with E-state index in [1.54, 1.807) is 10.6 Å². The molecular weight excluding hydrogens is 417 g/mol. The van der Waals surface area contributed by atoms with Gasteiger partial charge in [-0.2, -0.15) is 0 Å². The zero-order valence-electron chi connectivity index (χ0n) is 19.5. The maximum atomic E-state index is 2.52. The van der Waals surface area contributed by atoms with E-state index in [0.717, 1.165) is 17.2 Å². The molecule has 160 valence electrons. The van der Waals surface area contributed by atoms with Crippen LogP contribution >= 0.6 is 25.1 Å². The number of benzene rings is 2. The van der Waals surface area contributed by atoms with Gasteiger partial charge in [-0.15, -0.1) is 0 Å². The van der Waals surface area contributed by atoms with Crippen LogP contribution in [0.4, 0.5) is 0 Å². The summed E-state index contributed by atoms with van der Waals surface area (Å²) in [5.74, 6) is 0.562. The summed E-state index contributed by atoms with van der Waals surface area (Å²) in [4.78, 5) is 0. The SMILES string of the molecule is CC(C1C(PC(C)(C)C)=CC=C1PC(C)(C)C)P(c1ccccc1)c1ccccc1. The average Bonchev–Trinajstić information content (AvgIpc) is 3.02. The summed E-state index contributed by atoms with van der Waals surface area (Å²) in [5.41, 5.74) is 0.578. The van der Waals surface area contributed by atoms with Crippen LogP contribution in [0.15, 0.2) is 83.4 Å². The Kier molecular flexibility index (Phi) is 7.78. The Morgan fingerprint density at radius 1 is 0.667 bits per heavy atom. The van der Waals surface area contributed by atoms with E-state index in [4.69, 9.17) is 0 Å². The Hall–Kier alpha value is -0.790. The minimum absolute atomic E-state index is 0.334. The van der Waals surface area contributed by atoms with Gasteiger partial charge in [0.1, 0.15) is 0 Å². The summed E-state index contributed by atoms with van der Waals surface area (Å²) >= 11 is 0. The fourth-order valence-corrected chi connectivity index (χ4v) is 10.6. The Labute approximate surface area is 189 Å². The van der Waals surface area contributed by atoms with E-state index in [1.807, 2.05) is 0 Å². The van der Waals surface area contributed by atoms with Crippen LogP contribution < -0.4 is 10.6 Å². The zero-order chi connectivity index (χ0) is 21.9. The largest absolute Gasteiger partial charge is 0.0886 e. The van der Waals surface area contributed by atoms with E-state index in [1.165, 1.54) is 10.6 Å². The number of allylic oxidation sites excluding steroid dienone is 4. The molecule has 2 aromatic rings. The van der Waals surface area contributed by atoms with Crippen molar-refractivity contribution in [3.8, 4) is 0 Å². The first-order valence-corrected chi connectivity index (χ1v) is 14.3. The van der Waals surface area contributed by atoms with Gasteiger partial charge in [-0.25, -0.2) is 0 Å². The zero-order valence-corrected chi connectivity index (χ0v) is 22.4. The van der Waals surface area contributed by atoms with Crippen LogP contribution in [0.3, 0.4) is 0 Å². The summed E-state index contributed by atoms with van der Waals surface area (Å²) in [6.07, 6.45) is 4.95. The Morgan fingerprint density at radius 3 is 1.37 bits per heavy atom.